The number of nitriles is 2. The lowest BCUT2D eigenvalue weighted by molar-refractivity contribution is 0.217. The van der Waals surface area contributed by atoms with Crippen LogP contribution in [-0.2, 0) is 4.74 Å². The van der Waals surface area contributed by atoms with Gasteiger partial charge in [0, 0.05) is 0 Å². The zero-order valence-electron chi connectivity index (χ0n) is 9.11. The Labute approximate surface area is 98.1 Å². The number of benzene rings is 1. The van der Waals surface area contributed by atoms with E-state index < -0.39 is 0 Å². The molecule has 0 radical (unpaired) electrons. The van der Waals surface area contributed by atoms with Crippen molar-refractivity contribution in [2.24, 2.45) is 0 Å². The average Bonchev–Trinajstić information content (AvgIpc) is 2.36. The van der Waals surface area contributed by atoms with Gasteiger partial charge >= 0.3 is 0 Å². The van der Waals surface area contributed by atoms with Crippen molar-refractivity contribution in [2.45, 2.75) is 0 Å². The molecule has 0 bridgehead atoms. The molecule has 0 aliphatic carbocycles. The summed E-state index contributed by atoms with van der Waals surface area (Å²) < 4.78 is 22.7. The third-order valence-electron chi connectivity index (χ3n) is 1.93. The van der Waals surface area contributed by atoms with Crippen molar-refractivity contribution in [1.82, 2.24) is 0 Å². The van der Waals surface area contributed by atoms with Crippen LogP contribution in [0.1, 0.15) is 0 Å². The van der Waals surface area contributed by atoms with E-state index in [2.05, 4.69) is 0 Å². The van der Waals surface area contributed by atoms with Crippen LogP contribution < -0.4 is 4.74 Å². The number of nitrogens with zero attached hydrogens (tertiary/aromatic N) is 2. The Hall–Kier alpha value is -2.53. The highest BCUT2D eigenvalue weighted by atomic mass is 19.1. The van der Waals surface area contributed by atoms with Gasteiger partial charge < -0.3 is 9.47 Å². The van der Waals surface area contributed by atoms with Crippen molar-refractivity contribution in [2.75, 3.05) is 13.7 Å². The van der Waals surface area contributed by atoms with Gasteiger partial charge in [0.2, 0.25) is 0 Å². The fourth-order valence-corrected chi connectivity index (χ4v) is 1.06. The largest absolute Gasteiger partial charge is 0.495 e. The Morgan fingerprint density at radius 2 is 1.82 bits per heavy atom. The van der Waals surface area contributed by atoms with Crippen molar-refractivity contribution < 1.29 is 13.9 Å². The quantitative estimate of drug-likeness (QED) is 0.589. The normalized spacial score (nSPS) is 8.71. The molecule has 0 N–H and O–H groups in total. The standard InChI is InChI=1S/C12H9FN2O2/c1-16-12(9(6-14)7-15)8-17-11-4-2-10(13)3-5-11/h2-5H,8H2,1H3. The Bertz CT molecular complexity index is 479. The van der Waals surface area contributed by atoms with Crippen molar-refractivity contribution in [1.29, 1.82) is 10.5 Å². The van der Waals surface area contributed by atoms with E-state index in [0.717, 1.165) is 0 Å². The molecule has 86 valence electrons. The average molecular weight is 232 g/mol. The maximum Gasteiger partial charge on any atom is 0.170 e. The molecular weight excluding hydrogens is 223 g/mol. The summed E-state index contributed by atoms with van der Waals surface area (Å²) in [6, 6.07) is 8.80. The molecule has 0 aromatic heterocycles. The van der Waals surface area contributed by atoms with Gasteiger partial charge in [0.15, 0.2) is 11.3 Å². The van der Waals surface area contributed by atoms with E-state index in [1.54, 1.807) is 12.1 Å². The van der Waals surface area contributed by atoms with Crippen molar-refractivity contribution >= 4 is 0 Å². The van der Waals surface area contributed by atoms with Crippen LogP contribution in [0.25, 0.3) is 0 Å². The van der Waals surface area contributed by atoms with Crippen molar-refractivity contribution in [3.8, 4) is 17.9 Å². The van der Waals surface area contributed by atoms with Crippen LogP contribution in [0.5, 0.6) is 5.75 Å². The second-order valence-electron chi connectivity index (χ2n) is 2.97. The van der Waals surface area contributed by atoms with E-state index in [9.17, 15) is 4.39 Å². The van der Waals surface area contributed by atoms with Crippen LogP contribution in [0.3, 0.4) is 0 Å². The van der Waals surface area contributed by atoms with Crippen LogP contribution in [0, 0.1) is 28.5 Å². The fourth-order valence-electron chi connectivity index (χ4n) is 1.06. The minimum Gasteiger partial charge on any atom is -0.495 e. The summed E-state index contributed by atoms with van der Waals surface area (Å²) in [6.07, 6.45) is 0. The van der Waals surface area contributed by atoms with Crippen molar-refractivity contribution in [3.63, 3.8) is 0 Å². The lowest BCUT2D eigenvalue weighted by atomic mass is 10.3. The molecule has 4 nitrogen and oxygen atoms in total. The first-order valence-corrected chi connectivity index (χ1v) is 4.67. The Balaban J connectivity index is 2.73. The summed E-state index contributed by atoms with van der Waals surface area (Å²) in [5, 5.41) is 17.3. The van der Waals surface area contributed by atoms with E-state index in [4.69, 9.17) is 20.0 Å². The molecule has 0 heterocycles. The lowest BCUT2D eigenvalue weighted by Crippen LogP contribution is -2.05. The highest BCUT2D eigenvalue weighted by molar-refractivity contribution is 5.38. The minimum atomic E-state index is -0.366. The summed E-state index contributed by atoms with van der Waals surface area (Å²) in [4.78, 5) is 0. The van der Waals surface area contributed by atoms with Crippen LogP contribution in [0.15, 0.2) is 35.6 Å². The van der Waals surface area contributed by atoms with E-state index in [0.29, 0.717) is 5.75 Å². The second-order valence-corrected chi connectivity index (χ2v) is 2.97. The van der Waals surface area contributed by atoms with Gasteiger partial charge in [-0.3, -0.25) is 0 Å². The first-order valence-electron chi connectivity index (χ1n) is 4.67. The molecule has 0 saturated heterocycles. The molecule has 0 aliphatic rings. The highest BCUT2D eigenvalue weighted by Crippen LogP contribution is 2.13. The molecule has 0 unspecified atom stereocenters. The first-order chi connectivity index (χ1) is 8.21. The predicted molar refractivity (Wildman–Crippen MR) is 57.2 cm³/mol. The molecule has 0 spiro atoms. The highest BCUT2D eigenvalue weighted by Gasteiger charge is 2.07. The van der Waals surface area contributed by atoms with E-state index in [1.165, 1.54) is 31.4 Å². The number of hydrogen-bond acceptors (Lipinski definition) is 4. The van der Waals surface area contributed by atoms with Gasteiger partial charge in [-0.05, 0) is 24.3 Å². The van der Waals surface area contributed by atoms with Crippen LogP contribution >= 0.6 is 0 Å². The van der Waals surface area contributed by atoms with Gasteiger partial charge in [-0.15, -0.1) is 0 Å². The van der Waals surface area contributed by atoms with Gasteiger partial charge in [0.25, 0.3) is 0 Å². The Kier molecular flexibility index (Phi) is 4.53. The SMILES string of the molecule is COC(COc1ccc(F)cc1)=C(C#N)C#N. The molecule has 0 fully saturated rings. The Morgan fingerprint density at radius 1 is 1.24 bits per heavy atom. The maximum absolute atomic E-state index is 12.6. The summed E-state index contributed by atoms with van der Waals surface area (Å²) in [5.41, 5.74) is -0.144. The number of halogens is 1. The number of methoxy groups -OCH3 is 1. The van der Waals surface area contributed by atoms with Gasteiger partial charge in [0.1, 0.15) is 30.3 Å². The third-order valence-corrected chi connectivity index (χ3v) is 1.93. The topological polar surface area (TPSA) is 66.0 Å². The number of ether oxygens (including phenoxy) is 2. The summed E-state index contributed by atoms with van der Waals surface area (Å²) in [5.74, 6) is 0.199. The summed E-state index contributed by atoms with van der Waals surface area (Å²) >= 11 is 0. The second kappa shape index (κ2) is 6.14. The monoisotopic (exact) mass is 232 g/mol. The predicted octanol–water partition coefficient (Wildman–Crippen LogP) is 2.15. The zero-order chi connectivity index (χ0) is 12.7. The number of allylic oxidation sites excluding steroid dienone is 1. The molecule has 0 amide bonds. The van der Waals surface area contributed by atoms with Crippen LogP contribution in [-0.4, -0.2) is 13.7 Å². The van der Waals surface area contributed by atoms with Crippen molar-refractivity contribution in [3.05, 3.63) is 41.4 Å². The lowest BCUT2D eigenvalue weighted by Gasteiger charge is -2.08. The van der Waals surface area contributed by atoms with E-state index >= 15 is 0 Å². The fraction of sp³-hybridized carbons (Fsp3) is 0.167. The molecule has 0 aliphatic heterocycles. The summed E-state index contributed by atoms with van der Waals surface area (Å²) in [7, 11) is 1.35. The smallest absolute Gasteiger partial charge is 0.170 e. The number of hydrogen-bond donors (Lipinski definition) is 0. The van der Waals surface area contributed by atoms with Gasteiger partial charge in [-0.1, -0.05) is 0 Å². The van der Waals surface area contributed by atoms with Crippen LogP contribution in [0.4, 0.5) is 4.39 Å². The molecule has 1 rings (SSSR count). The minimum absolute atomic E-state index is 0.0570. The van der Waals surface area contributed by atoms with Gasteiger partial charge in [-0.2, -0.15) is 10.5 Å². The maximum atomic E-state index is 12.6. The van der Waals surface area contributed by atoms with Crippen LogP contribution in [0.2, 0.25) is 0 Å². The van der Waals surface area contributed by atoms with E-state index in [-0.39, 0.29) is 23.8 Å². The molecule has 1 aromatic carbocycles. The van der Waals surface area contributed by atoms with Gasteiger partial charge in [-0.25, -0.2) is 4.39 Å². The molecular formula is C12H9FN2O2. The van der Waals surface area contributed by atoms with Gasteiger partial charge in [0.05, 0.1) is 7.11 Å². The molecule has 0 atom stereocenters. The zero-order valence-corrected chi connectivity index (χ0v) is 9.11. The molecule has 0 saturated carbocycles. The third kappa shape index (κ3) is 3.51. The summed E-state index contributed by atoms with van der Waals surface area (Å²) in [6.45, 7) is -0.0570. The van der Waals surface area contributed by atoms with E-state index in [1.807, 2.05) is 0 Å². The molecule has 1 aromatic rings. The Morgan fingerprint density at radius 3 is 2.29 bits per heavy atom. The first kappa shape index (κ1) is 12.5. The number of rotatable bonds is 4. The molecule has 17 heavy (non-hydrogen) atoms. The molecule has 5 heteroatoms.